The minimum Gasteiger partial charge on any atom is -0.465 e. The Bertz CT molecular complexity index is 281. The molecule has 1 rings (SSSR count). The van der Waals surface area contributed by atoms with Crippen LogP contribution in [0.25, 0.3) is 0 Å². The summed E-state index contributed by atoms with van der Waals surface area (Å²) in [6.07, 6.45) is 4.31. The molecule has 1 fully saturated rings. The number of unbranched alkanes of at least 4 members (excludes halogenated alkanes) is 1. The lowest BCUT2D eigenvalue weighted by atomic mass is 9.94. The molecule has 0 radical (unpaired) electrons. The number of nitrogens with one attached hydrogen (secondary N) is 1. The van der Waals surface area contributed by atoms with E-state index in [1.54, 1.807) is 7.05 Å². The monoisotopic (exact) mass is 287 g/mol. The maximum absolute atomic E-state index is 12.2. The third-order valence-electron chi connectivity index (χ3n) is 3.70. The Morgan fingerprint density at radius 3 is 2.45 bits per heavy atom. The molecule has 0 aromatic heterocycles. The van der Waals surface area contributed by atoms with Gasteiger partial charge < -0.3 is 19.5 Å². The van der Waals surface area contributed by atoms with Gasteiger partial charge in [0, 0.05) is 6.61 Å². The standard InChI is InChI=1S/C15H29NO4/c1-4-6-9-18-10-11-19-12-15(16-3,13-7-8-13)14(17)20-5-2/h13,16H,4-12H2,1-3H3. The van der Waals surface area contributed by atoms with E-state index in [9.17, 15) is 4.79 Å². The topological polar surface area (TPSA) is 56.8 Å². The van der Waals surface area contributed by atoms with Crippen LogP contribution in [0.4, 0.5) is 0 Å². The number of hydrogen-bond acceptors (Lipinski definition) is 5. The van der Waals surface area contributed by atoms with Crippen LogP contribution < -0.4 is 5.32 Å². The van der Waals surface area contributed by atoms with Gasteiger partial charge in [0.15, 0.2) is 0 Å². The van der Waals surface area contributed by atoms with Crippen molar-refractivity contribution in [2.45, 2.75) is 45.1 Å². The largest absolute Gasteiger partial charge is 0.465 e. The van der Waals surface area contributed by atoms with Crippen molar-refractivity contribution in [1.29, 1.82) is 0 Å². The molecular formula is C15H29NO4. The summed E-state index contributed by atoms with van der Waals surface area (Å²) in [6.45, 7) is 6.58. The van der Waals surface area contributed by atoms with Crippen LogP contribution in [0.5, 0.6) is 0 Å². The molecule has 0 saturated heterocycles. The first-order valence-electron chi connectivity index (χ1n) is 7.72. The van der Waals surface area contributed by atoms with E-state index in [1.165, 1.54) is 0 Å². The number of rotatable bonds is 12. The first-order chi connectivity index (χ1) is 9.71. The van der Waals surface area contributed by atoms with Crippen molar-refractivity contribution in [3.63, 3.8) is 0 Å². The van der Waals surface area contributed by atoms with Gasteiger partial charge in [-0.25, -0.2) is 4.79 Å². The van der Waals surface area contributed by atoms with Crippen LogP contribution in [0.15, 0.2) is 0 Å². The predicted octanol–water partition coefficient (Wildman–Crippen LogP) is 1.75. The Balaban J connectivity index is 2.32. The number of carbonyl (C=O) groups is 1. The summed E-state index contributed by atoms with van der Waals surface area (Å²) in [5.74, 6) is 0.129. The molecule has 1 unspecified atom stereocenters. The van der Waals surface area contributed by atoms with Crippen LogP contribution >= 0.6 is 0 Å². The number of hydrogen-bond donors (Lipinski definition) is 1. The molecule has 0 bridgehead atoms. The van der Waals surface area contributed by atoms with E-state index < -0.39 is 5.54 Å². The van der Waals surface area contributed by atoms with Gasteiger partial charge in [-0.3, -0.25) is 0 Å². The summed E-state index contributed by atoms with van der Waals surface area (Å²) >= 11 is 0. The fraction of sp³-hybridized carbons (Fsp3) is 0.933. The molecule has 0 aromatic carbocycles. The first-order valence-corrected chi connectivity index (χ1v) is 7.72. The van der Waals surface area contributed by atoms with Gasteiger partial charge in [-0.1, -0.05) is 13.3 Å². The maximum Gasteiger partial charge on any atom is 0.329 e. The molecule has 0 aromatic rings. The summed E-state index contributed by atoms with van der Waals surface area (Å²) in [7, 11) is 1.80. The zero-order valence-corrected chi connectivity index (χ0v) is 13.1. The Labute approximate surface area is 122 Å². The van der Waals surface area contributed by atoms with Gasteiger partial charge in [0.2, 0.25) is 0 Å². The zero-order valence-electron chi connectivity index (χ0n) is 13.1. The second-order valence-corrected chi connectivity index (χ2v) is 5.23. The average Bonchev–Trinajstić information content (AvgIpc) is 3.27. The molecule has 20 heavy (non-hydrogen) atoms. The van der Waals surface area contributed by atoms with Crippen molar-refractivity contribution in [1.82, 2.24) is 5.32 Å². The van der Waals surface area contributed by atoms with Crippen LogP contribution in [0, 0.1) is 5.92 Å². The third kappa shape index (κ3) is 5.04. The summed E-state index contributed by atoms with van der Waals surface area (Å²) < 4.78 is 16.3. The Morgan fingerprint density at radius 2 is 1.90 bits per heavy atom. The number of likely N-dealkylation sites (N-methyl/N-ethyl adjacent to an activating group) is 1. The molecule has 0 aliphatic heterocycles. The molecule has 1 aliphatic rings. The Hall–Kier alpha value is -0.650. The van der Waals surface area contributed by atoms with E-state index in [4.69, 9.17) is 14.2 Å². The van der Waals surface area contributed by atoms with Crippen molar-refractivity contribution < 1.29 is 19.0 Å². The summed E-state index contributed by atoms with van der Waals surface area (Å²) in [5.41, 5.74) is -0.681. The number of ether oxygens (including phenoxy) is 3. The van der Waals surface area contributed by atoms with E-state index in [0.29, 0.717) is 32.3 Å². The summed E-state index contributed by atoms with van der Waals surface area (Å²) in [5, 5.41) is 3.13. The van der Waals surface area contributed by atoms with E-state index >= 15 is 0 Å². The maximum atomic E-state index is 12.2. The predicted molar refractivity (Wildman–Crippen MR) is 77.7 cm³/mol. The van der Waals surface area contributed by atoms with Gasteiger partial charge in [0.25, 0.3) is 0 Å². The first kappa shape index (κ1) is 17.4. The van der Waals surface area contributed by atoms with Crippen LogP contribution in [0.3, 0.4) is 0 Å². The lowest BCUT2D eigenvalue weighted by molar-refractivity contribution is -0.155. The van der Waals surface area contributed by atoms with Gasteiger partial charge in [-0.05, 0) is 39.2 Å². The Kier molecular flexibility index (Phi) is 8.11. The minimum absolute atomic E-state index is 0.197. The SMILES string of the molecule is CCCCOCCOCC(NC)(C(=O)OCC)C1CC1. The number of esters is 1. The molecular weight excluding hydrogens is 258 g/mol. The molecule has 1 aliphatic carbocycles. The lowest BCUT2D eigenvalue weighted by Crippen LogP contribution is -2.57. The molecule has 0 spiro atoms. The highest BCUT2D eigenvalue weighted by molar-refractivity contribution is 5.82. The zero-order chi connectivity index (χ0) is 14.8. The van der Waals surface area contributed by atoms with Crippen LogP contribution in [0.1, 0.15) is 39.5 Å². The van der Waals surface area contributed by atoms with Crippen molar-refractivity contribution in [2.24, 2.45) is 5.92 Å². The normalized spacial score (nSPS) is 17.8. The molecule has 0 heterocycles. The molecule has 0 amide bonds. The minimum atomic E-state index is -0.681. The second-order valence-electron chi connectivity index (χ2n) is 5.23. The van der Waals surface area contributed by atoms with E-state index in [1.807, 2.05) is 6.92 Å². The Morgan fingerprint density at radius 1 is 1.20 bits per heavy atom. The van der Waals surface area contributed by atoms with Crippen LogP contribution in [-0.4, -0.2) is 51.6 Å². The highest BCUT2D eigenvalue weighted by atomic mass is 16.5. The third-order valence-corrected chi connectivity index (χ3v) is 3.70. The van der Waals surface area contributed by atoms with Gasteiger partial charge in [0.05, 0.1) is 26.4 Å². The number of carbonyl (C=O) groups excluding carboxylic acids is 1. The van der Waals surface area contributed by atoms with Gasteiger partial charge in [-0.2, -0.15) is 0 Å². The fourth-order valence-electron chi connectivity index (χ4n) is 2.26. The van der Waals surface area contributed by atoms with E-state index in [0.717, 1.165) is 32.3 Å². The smallest absolute Gasteiger partial charge is 0.329 e. The van der Waals surface area contributed by atoms with Crippen LogP contribution in [-0.2, 0) is 19.0 Å². The van der Waals surface area contributed by atoms with Gasteiger partial charge in [0.1, 0.15) is 5.54 Å². The average molecular weight is 287 g/mol. The van der Waals surface area contributed by atoms with Crippen molar-refractivity contribution >= 4 is 5.97 Å². The molecule has 5 heteroatoms. The van der Waals surface area contributed by atoms with Crippen LogP contribution in [0.2, 0.25) is 0 Å². The molecule has 1 N–H and O–H groups in total. The van der Waals surface area contributed by atoms with Gasteiger partial charge >= 0.3 is 5.97 Å². The quantitative estimate of drug-likeness (QED) is 0.438. The highest BCUT2D eigenvalue weighted by Gasteiger charge is 2.51. The van der Waals surface area contributed by atoms with Crippen molar-refractivity contribution in [3.8, 4) is 0 Å². The summed E-state index contributed by atoms with van der Waals surface area (Å²) in [6, 6.07) is 0. The lowest BCUT2D eigenvalue weighted by Gasteiger charge is -2.30. The molecule has 5 nitrogen and oxygen atoms in total. The fourth-order valence-corrected chi connectivity index (χ4v) is 2.26. The van der Waals surface area contributed by atoms with Gasteiger partial charge in [-0.15, -0.1) is 0 Å². The molecule has 1 atom stereocenters. The molecule has 118 valence electrons. The highest BCUT2D eigenvalue weighted by Crippen LogP contribution is 2.40. The van der Waals surface area contributed by atoms with Crippen molar-refractivity contribution in [2.75, 3.05) is 40.1 Å². The summed E-state index contributed by atoms with van der Waals surface area (Å²) in [4.78, 5) is 12.2. The second kappa shape index (κ2) is 9.32. The van der Waals surface area contributed by atoms with E-state index in [2.05, 4.69) is 12.2 Å². The van der Waals surface area contributed by atoms with Crippen molar-refractivity contribution in [3.05, 3.63) is 0 Å². The van der Waals surface area contributed by atoms with E-state index in [-0.39, 0.29) is 5.97 Å². The molecule has 1 saturated carbocycles.